The summed E-state index contributed by atoms with van der Waals surface area (Å²) in [5, 5.41) is 4.65. The van der Waals surface area contributed by atoms with E-state index in [4.69, 9.17) is 11.6 Å². The highest BCUT2D eigenvalue weighted by Crippen LogP contribution is 2.32. The number of rotatable bonds is 4. The second-order valence-electron chi connectivity index (χ2n) is 5.10. The molecule has 0 fully saturated rings. The van der Waals surface area contributed by atoms with Crippen molar-refractivity contribution in [3.8, 4) is 10.6 Å². The SMILES string of the molecule is CCC(C)NC(=O)c1cnc2scc(-c3ccc(Cl)s3)n2c1=O. The molecule has 0 aliphatic heterocycles. The Morgan fingerprint density at radius 3 is 2.91 bits per heavy atom. The van der Waals surface area contributed by atoms with Crippen molar-refractivity contribution in [2.45, 2.75) is 26.3 Å². The average molecular weight is 368 g/mol. The van der Waals surface area contributed by atoms with Crippen LogP contribution in [0.2, 0.25) is 4.34 Å². The van der Waals surface area contributed by atoms with Gasteiger partial charge < -0.3 is 5.32 Å². The van der Waals surface area contributed by atoms with Crippen molar-refractivity contribution >= 4 is 45.1 Å². The van der Waals surface area contributed by atoms with Gasteiger partial charge >= 0.3 is 0 Å². The third kappa shape index (κ3) is 3.04. The minimum atomic E-state index is -0.396. The van der Waals surface area contributed by atoms with Crippen molar-refractivity contribution in [1.82, 2.24) is 14.7 Å². The molecule has 0 saturated heterocycles. The summed E-state index contributed by atoms with van der Waals surface area (Å²) in [6.45, 7) is 3.86. The van der Waals surface area contributed by atoms with Crippen LogP contribution in [0.15, 0.2) is 28.5 Å². The first-order valence-electron chi connectivity index (χ1n) is 7.07. The zero-order valence-corrected chi connectivity index (χ0v) is 14.9. The van der Waals surface area contributed by atoms with E-state index in [0.29, 0.717) is 15.0 Å². The van der Waals surface area contributed by atoms with Gasteiger partial charge in [0.2, 0.25) is 0 Å². The summed E-state index contributed by atoms with van der Waals surface area (Å²) in [6, 6.07) is 3.64. The van der Waals surface area contributed by atoms with Gasteiger partial charge in [-0.15, -0.1) is 22.7 Å². The van der Waals surface area contributed by atoms with Crippen molar-refractivity contribution < 1.29 is 4.79 Å². The first kappa shape index (κ1) is 16.2. The predicted molar refractivity (Wildman–Crippen MR) is 94.9 cm³/mol. The van der Waals surface area contributed by atoms with Gasteiger partial charge in [-0.05, 0) is 25.5 Å². The van der Waals surface area contributed by atoms with Gasteiger partial charge in [0.05, 0.1) is 14.9 Å². The van der Waals surface area contributed by atoms with Crippen LogP contribution >= 0.6 is 34.3 Å². The van der Waals surface area contributed by atoms with Crippen LogP contribution in [0.5, 0.6) is 0 Å². The molecule has 1 N–H and O–H groups in total. The third-order valence-electron chi connectivity index (χ3n) is 3.51. The van der Waals surface area contributed by atoms with E-state index in [1.165, 1.54) is 33.3 Å². The van der Waals surface area contributed by atoms with Crippen LogP contribution in [0.3, 0.4) is 0 Å². The number of carbonyl (C=O) groups is 1. The fourth-order valence-electron chi connectivity index (χ4n) is 2.08. The average Bonchev–Trinajstić information content (AvgIpc) is 3.13. The van der Waals surface area contributed by atoms with Crippen molar-refractivity contribution in [3.05, 3.63) is 44.0 Å². The lowest BCUT2D eigenvalue weighted by molar-refractivity contribution is 0.0937. The molecule has 0 aromatic carbocycles. The van der Waals surface area contributed by atoms with Gasteiger partial charge in [-0.1, -0.05) is 18.5 Å². The fourth-order valence-corrected chi connectivity index (χ4v) is 4.05. The zero-order chi connectivity index (χ0) is 16.6. The van der Waals surface area contributed by atoms with E-state index in [1.807, 2.05) is 25.3 Å². The number of fused-ring (bicyclic) bond motifs is 1. The number of thiazole rings is 1. The number of hydrogen-bond acceptors (Lipinski definition) is 5. The van der Waals surface area contributed by atoms with E-state index in [9.17, 15) is 9.59 Å². The smallest absolute Gasteiger partial charge is 0.271 e. The van der Waals surface area contributed by atoms with Gasteiger partial charge in [0.15, 0.2) is 4.96 Å². The molecule has 3 heterocycles. The predicted octanol–water partition coefficient (Wildman–Crippen LogP) is 3.67. The monoisotopic (exact) mass is 367 g/mol. The number of amides is 1. The summed E-state index contributed by atoms with van der Waals surface area (Å²) in [7, 11) is 0. The van der Waals surface area contributed by atoms with E-state index < -0.39 is 5.91 Å². The fraction of sp³-hybridized carbons (Fsp3) is 0.267. The normalized spacial score (nSPS) is 12.5. The summed E-state index contributed by atoms with van der Waals surface area (Å²) in [5.41, 5.74) is 0.388. The standard InChI is InChI=1S/C15H14ClN3O2S2/c1-3-8(2)18-13(20)9-6-17-15-19(14(9)21)10(7-22-15)11-4-5-12(16)23-11/h4-8H,3H2,1-2H3,(H,18,20). The highest BCUT2D eigenvalue weighted by Gasteiger charge is 2.18. The number of halogens is 1. The maximum Gasteiger partial charge on any atom is 0.271 e. The van der Waals surface area contributed by atoms with Gasteiger partial charge in [0.1, 0.15) is 5.56 Å². The molecular formula is C15H14ClN3O2S2. The molecule has 3 rings (SSSR count). The zero-order valence-electron chi connectivity index (χ0n) is 12.5. The molecule has 3 aromatic rings. The van der Waals surface area contributed by atoms with Crippen LogP contribution in [-0.2, 0) is 0 Å². The van der Waals surface area contributed by atoms with Gasteiger partial charge in [0, 0.05) is 17.6 Å². The molecule has 23 heavy (non-hydrogen) atoms. The number of nitrogens with zero attached hydrogens (tertiary/aromatic N) is 2. The Kier molecular flexibility index (Phi) is 4.52. The van der Waals surface area contributed by atoms with Crippen LogP contribution in [0.4, 0.5) is 0 Å². The quantitative estimate of drug-likeness (QED) is 0.765. The second-order valence-corrected chi connectivity index (χ2v) is 7.65. The van der Waals surface area contributed by atoms with Gasteiger partial charge in [-0.3, -0.25) is 9.59 Å². The molecule has 3 aromatic heterocycles. The lowest BCUT2D eigenvalue weighted by atomic mass is 10.2. The van der Waals surface area contributed by atoms with Crippen molar-refractivity contribution in [2.75, 3.05) is 0 Å². The minimum absolute atomic E-state index is 0.000597. The molecule has 0 radical (unpaired) electrons. The summed E-state index contributed by atoms with van der Waals surface area (Å²) in [5.74, 6) is -0.396. The number of nitrogens with one attached hydrogen (secondary N) is 1. The first-order chi connectivity index (χ1) is 11.0. The van der Waals surface area contributed by atoms with E-state index in [1.54, 1.807) is 6.07 Å². The van der Waals surface area contributed by atoms with Crippen LogP contribution in [0.25, 0.3) is 15.5 Å². The minimum Gasteiger partial charge on any atom is -0.349 e. The van der Waals surface area contributed by atoms with Crippen molar-refractivity contribution in [2.24, 2.45) is 0 Å². The number of thiophene rings is 1. The first-order valence-corrected chi connectivity index (χ1v) is 9.14. The molecule has 0 bridgehead atoms. The molecule has 120 valence electrons. The van der Waals surface area contributed by atoms with Crippen LogP contribution < -0.4 is 10.9 Å². The molecule has 8 heteroatoms. The van der Waals surface area contributed by atoms with E-state index in [0.717, 1.165) is 11.3 Å². The molecule has 0 saturated carbocycles. The van der Waals surface area contributed by atoms with Gasteiger partial charge in [0.25, 0.3) is 11.5 Å². The molecular weight excluding hydrogens is 354 g/mol. The Hall–Kier alpha value is -1.70. The Morgan fingerprint density at radius 1 is 1.48 bits per heavy atom. The van der Waals surface area contributed by atoms with E-state index in [-0.39, 0.29) is 17.2 Å². The highest BCUT2D eigenvalue weighted by atomic mass is 35.5. The van der Waals surface area contributed by atoms with Crippen LogP contribution in [0.1, 0.15) is 30.6 Å². The van der Waals surface area contributed by atoms with E-state index in [2.05, 4.69) is 10.3 Å². The second kappa shape index (κ2) is 6.43. The maximum atomic E-state index is 12.7. The van der Waals surface area contributed by atoms with Crippen molar-refractivity contribution in [3.63, 3.8) is 0 Å². The Morgan fingerprint density at radius 2 is 2.26 bits per heavy atom. The molecule has 5 nitrogen and oxygen atoms in total. The van der Waals surface area contributed by atoms with E-state index >= 15 is 0 Å². The van der Waals surface area contributed by atoms with Crippen LogP contribution in [0, 0.1) is 0 Å². The summed E-state index contributed by atoms with van der Waals surface area (Å²) < 4.78 is 2.12. The number of aromatic nitrogens is 2. The Bertz CT molecular complexity index is 928. The Balaban J connectivity index is 2.11. The van der Waals surface area contributed by atoms with Crippen molar-refractivity contribution in [1.29, 1.82) is 0 Å². The lowest BCUT2D eigenvalue weighted by Gasteiger charge is -2.10. The topological polar surface area (TPSA) is 63.5 Å². The number of carbonyl (C=O) groups excluding carboxylic acids is 1. The molecule has 1 amide bonds. The summed E-state index contributed by atoms with van der Waals surface area (Å²) in [4.78, 5) is 30.7. The molecule has 1 unspecified atom stereocenters. The Labute approximate surface area is 145 Å². The molecule has 0 spiro atoms. The highest BCUT2D eigenvalue weighted by molar-refractivity contribution is 7.20. The molecule has 1 atom stereocenters. The van der Waals surface area contributed by atoms with Gasteiger partial charge in [-0.25, -0.2) is 9.38 Å². The summed E-state index contributed by atoms with van der Waals surface area (Å²) >= 11 is 8.71. The molecule has 0 aliphatic rings. The largest absolute Gasteiger partial charge is 0.349 e. The lowest BCUT2D eigenvalue weighted by Crippen LogP contribution is -2.36. The molecule has 0 aliphatic carbocycles. The number of hydrogen-bond donors (Lipinski definition) is 1. The third-order valence-corrected chi connectivity index (χ3v) is 5.60. The summed E-state index contributed by atoms with van der Waals surface area (Å²) in [6.07, 6.45) is 2.14. The van der Waals surface area contributed by atoms with Gasteiger partial charge in [-0.2, -0.15) is 0 Å². The van der Waals surface area contributed by atoms with Crippen LogP contribution in [-0.4, -0.2) is 21.3 Å². The maximum absolute atomic E-state index is 12.7.